The van der Waals surface area contributed by atoms with Gasteiger partial charge in [-0.15, -0.1) is 5.10 Å². The molecule has 0 atom stereocenters. The number of benzene rings is 2. The van der Waals surface area contributed by atoms with Crippen molar-refractivity contribution >= 4 is 29.0 Å². The predicted octanol–water partition coefficient (Wildman–Crippen LogP) is 3.93. The van der Waals surface area contributed by atoms with Crippen LogP contribution in [0.1, 0.15) is 13.8 Å². The summed E-state index contributed by atoms with van der Waals surface area (Å²) in [7, 11) is 0. The first-order valence-electron chi connectivity index (χ1n) is 10.3. The van der Waals surface area contributed by atoms with E-state index in [9.17, 15) is 22.8 Å². The van der Waals surface area contributed by atoms with Crippen LogP contribution in [0.15, 0.2) is 71.5 Å². The maximum Gasteiger partial charge on any atom is 0.434 e. The van der Waals surface area contributed by atoms with Gasteiger partial charge in [0.25, 0.3) is 0 Å². The van der Waals surface area contributed by atoms with Crippen molar-refractivity contribution in [2.24, 2.45) is 10.7 Å². The Balaban J connectivity index is 1.87. The van der Waals surface area contributed by atoms with Crippen LogP contribution in [0, 0.1) is 0 Å². The molecule has 2 aromatic carbocycles. The van der Waals surface area contributed by atoms with Gasteiger partial charge in [-0.2, -0.15) is 13.2 Å². The van der Waals surface area contributed by atoms with Gasteiger partial charge >= 0.3 is 12.1 Å². The molecule has 0 radical (unpaired) electrons. The molecule has 0 saturated carbocycles. The number of amides is 1. The van der Waals surface area contributed by atoms with E-state index in [0.717, 1.165) is 0 Å². The second kappa shape index (κ2) is 10.6. The van der Waals surface area contributed by atoms with E-state index in [-0.39, 0.29) is 18.2 Å². The number of hydrogen-bond donors (Lipinski definition) is 2. The fourth-order valence-electron chi connectivity index (χ4n) is 3.02. The van der Waals surface area contributed by atoms with Gasteiger partial charge in [0.1, 0.15) is 11.3 Å². The van der Waals surface area contributed by atoms with Crippen molar-refractivity contribution in [3.8, 4) is 16.9 Å². The predicted molar refractivity (Wildman–Crippen MR) is 123 cm³/mol. The molecule has 0 aliphatic rings. The Kier molecular flexibility index (Phi) is 7.64. The van der Waals surface area contributed by atoms with Crippen molar-refractivity contribution in [2.75, 3.05) is 11.9 Å². The van der Waals surface area contributed by atoms with E-state index in [1.807, 2.05) is 0 Å². The van der Waals surface area contributed by atoms with Gasteiger partial charge in [0.05, 0.1) is 24.2 Å². The first kappa shape index (κ1) is 25.1. The molecule has 12 heteroatoms. The van der Waals surface area contributed by atoms with Crippen LogP contribution >= 0.6 is 0 Å². The van der Waals surface area contributed by atoms with Crippen molar-refractivity contribution in [2.45, 2.75) is 20.0 Å². The lowest BCUT2D eigenvalue weighted by Crippen LogP contribution is -2.30. The van der Waals surface area contributed by atoms with Crippen LogP contribution in [0.4, 0.5) is 24.5 Å². The van der Waals surface area contributed by atoms with Crippen LogP contribution < -0.4 is 11.1 Å². The Morgan fingerprint density at radius 3 is 2.51 bits per heavy atom. The summed E-state index contributed by atoms with van der Waals surface area (Å²) in [5, 5.41) is 10.8. The van der Waals surface area contributed by atoms with Gasteiger partial charge in [-0.3, -0.25) is 4.79 Å². The summed E-state index contributed by atoms with van der Waals surface area (Å²) in [6.07, 6.45) is -2.79. The number of halogens is 3. The molecule has 0 bridgehead atoms. The standard InChI is InChI=1S/C23H21F3N6O3/c1-3-35-22(34)19(12-27)21(23(24,25)26)29-16-9-7-15(8-10-16)20-13-32(31-30-20)18-6-4-5-17(11-18)28-14(2)33/h4-13H,3,27H2,1-2H3,(H,28,33). The summed E-state index contributed by atoms with van der Waals surface area (Å²) in [5.74, 6) is -1.43. The number of carbonyl (C=O) groups excluding carboxylic acids is 2. The van der Waals surface area contributed by atoms with Crippen LogP contribution in [0.2, 0.25) is 0 Å². The highest BCUT2D eigenvalue weighted by atomic mass is 19.4. The van der Waals surface area contributed by atoms with E-state index in [4.69, 9.17) is 5.73 Å². The lowest BCUT2D eigenvalue weighted by molar-refractivity contribution is -0.138. The summed E-state index contributed by atoms with van der Waals surface area (Å²) < 4.78 is 46.8. The molecule has 0 saturated heterocycles. The highest BCUT2D eigenvalue weighted by Gasteiger charge is 2.41. The number of aromatic nitrogens is 3. The monoisotopic (exact) mass is 486 g/mol. The van der Waals surface area contributed by atoms with E-state index in [2.05, 4.69) is 25.4 Å². The van der Waals surface area contributed by atoms with Gasteiger partial charge in [0.15, 0.2) is 5.71 Å². The zero-order chi connectivity index (χ0) is 25.6. The third-order valence-corrected chi connectivity index (χ3v) is 4.51. The number of alkyl halides is 3. The Morgan fingerprint density at radius 1 is 1.20 bits per heavy atom. The molecule has 0 unspecified atom stereocenters. The fraction of sp³-hybridized carbons (Fsp3) is 0.174. The number of nitrogens with zero attached hydrogens (tertiary/aromatic N) is 4. The summed E-state index contributed by atoms with van der Waals surface area (Å²) in [5.41, 5.74) is 5.11. The van der Waals surface area contributed by atoms with E-state index in [0.29, 0.717) is 28.8 Å². The third kappa shape index (κ3) is 6.31. The topological polar surface area (TPSA) is 124 Å². The number of nitrogens with one attached hydrogen (secondary N) is 1. The fourth-order valence-corrected chi connectivity index (χ4v) is 3.02. The minimum absolute atomic E-state index is 0.0554. The summed E-state index contributed by atoms with van der Waals surface area (Å²) in [4.78, 5) is 26.8. The Morgan fingerprint density at radius 2 is 1.91 bits per heavy atom. The van der Waals surface area contributed by atoms with Crippen molar-refractivity contribution in [1.29, 1.82) is 0 Å². The number of carbonyl (C=O) groups is 2. The first-order chi connectivity index (χ1) is 16.6. The Hall–Kier alpha value is -4.48. The number of aliphatic imine (C=N–C) groups is 1. The number of ether oxygens (including phenoxy) is 1. The van der Waals surface area contributed by atoms with Crippen molar-refractivity contribution < 1.29 is 27.5 Å². The second-order valence-corrected chi connectivity index (χ2v) is 7.09. The first-order valence-corrected chi connectivity index (χ1v) is 10.3. The highest BCUT2D eigenvalue weighted by molar-refractivity contribution is 6.22. The normalized spacial score (nSPS) is 12.4. The van der Waals surface area contributed by atoms with Gasteiger partial charge < -0.3 is 15.8 Å². The summed E-state index contributed by atoms with van der Waals surface area (Å²) in [6.45, 7) is 2.74. The molecule has 0 fully saturated rings. The molecule has 3 rings (SSSR count). The summed E-state index contributed by atoms with van der Waals surface area (Å²) >= 11 is 0. The van der Waals surface area contributed by atoms with Crippen molar-refractivity contribution in [1.82, 2.24) is 15.0 Å². The molecule has 1 aromatic heterocycles. The van der Waals surface area contributed by atoms with Crippen LogP contribution in [0.3, 0.4) is 0 Å². The van der Waals surface area contributed by atoms with Gasteiger partial charge in [-0.1, -0.05) is 23.4 Å². The molecule has 35 heavy (non-hydrogen) atoms. The zero-order valence-electron chi connectivity index (χ0n) is 18.7. The Bertz CT molecular complexity index is 1280. The van der Waals surface area contributed by atoms with Crippen LogP contribution in [0.25, 0.3) is 16.9 Å². The molecule has 0 spiro atoms. The molecular formula is C23H21F3N6O3. The number of rotatable bonds is 7. The molecular weight excluding hydrogens is 465 g/mol. The maximum atomic E-state index is 13.6. The molecule has 1 amide bonds. The van der Waals surface area contributed by atoms with Gasteiger partial charge in [-0.05, 0) is 37.3 Å². The van der Waals surface area contributed by atoms with E-state index in [1.165, 1.54) is 42.8 Å². The molecule has 1 heterocycles. The number of esters is 1. The molecule has 182 valence electrons. The molecule has 0 aliphatic heterocycles. The summed E-state index contributed by atoms with van der Waals surface area (Å²) in [6, 6.07) is 12.7. The zero-order valence-corrected chi connectivity index (χ0v) is 18.7. The lowest BCUT2D eigenvalue weighted by atomic mass is 10.1. The maximum absolute atomic E-state index is 13.6. The SMILES string of the molecule is CCOC(=O)C(=CN)C(=Nc1ccc(-c2cn(-c3cccc(NC(C)=O)c3)nn2)cc1)C(F)(F)F. The van der Waals surface area contributed by atoms with Gasteiger partial charge in [-0.25, -0.2) is 14.5 Å². The van der Waals surface area contributed by atoms with Gasteiger partial charge in [0, 0.05) is 24.4 Å². The van der Waals surface area contributed by atoms with Crippen LogP contribution in [0.5, 0.6) is 0 Å². The highest BCUT2D eigenvalue weighted by Crippen LogP contribution is 2.28. The quantitative estimate of drug-likeness (QED) is 0.296. The minimum atomic E-state index is -4.94. The van der Waals surface area contributed by atoms with E-state index >= 15 is 0 Å². The molecule has 0 aliphatic carbocycles. The molecule has 3 N–H and O–H groups in total. The van der Waals surface area contributed by atoms with Gasteiger partial charge in [0.2, 0.25) is 5.91 Å². The lowest BCUT2D eigenvalue weighted by Gasteiger charge is -2.13. The molecule has 9 nitrogen and oxygen atoms in total. The Labute approximate surface area is 198 Å². The number of nitrogens with two attached hydrogens (primary N) is 1. The molecule has 3 aromatic rings. The van der Waals surface area contributed by atoms with E-state index in [1.54, 1.807) is 30.5 Å². The number of anilines is 1. The third-order valence-electron chi connectivity index (χ3n) is 4.51. The number of hydrogen-bond acceptors (Lipinski definition) is 7. The average molecular weight is 486 g/mol. The minimum Gasteiger partial charge on any atom is -0.462 e. The average Bonchev–Trinajstić information content (AvgIpc) is 3.29. The van der Waals surface area contributed by atoms with Crippen LogP contribution in [-0.2, 0) is 14.3 Å². The van der Waals surface area contributed by atoms with Crippen molar-refractivity contribution in [3.05, 3.63) is 66.5 Å². The second-order valence-electron chi connectivity index (χ2n) is 7.09. The van der Waals surface area contributed by atoms with Crippen LogP contribution in [-0.4, -0.2) is 45.4 Å². The van der Waals surface area contributed by atoms with E-state index < -0.39 is 23.4 Å². The largest absolute Gasteiger partial charge is 0.462 e. The van der Waals surface area contributed by atoms with Crippen molar-refractivity contribution in [3.63, 3.8) is 0 Å². The smallest absolute Gasteiger partial charge is 0.434 e.